The molecule has 0 atom stereocenters. The van der Waals surface area contributed by atoms with Crippen LogP contribution in [0.4, 0.5) is 4.39 Å². The maximum Gasteiger partial charge on any atom is 0.184 e. The van der Waals surface area contributed by atoms with E-state index in [9.17, 15) is 4.39 Å². The fourth-order valence-corrected chi connectivity index (χ4v) is 0.957. The molecule has 0 fully saturated rings. The van der Waals surface area contributed by atoms with Gasteiger partial charge in [0.05, 0.1) is 11.8 Å². The summed E-state index contributed by atoms with van der Waals surface area (Å²) in [5, 5.41) is 3.77. The number of halogens is 1. The van der Waals surface area contributed by atoms with E-state index in [1.165, 1.54) is 18.3 Å². The Kier molecular flexibility index (Phi) is 3.77. The number of nitrogens with zero attached hydrogens (tertiary/aromatic N) is 1. The molecule has 3 N–H and O–H groups in total. The van der Waals surface area contributed by atoms with E-state index >= 15 is 0 Å². The van der Waals surface area contributed by atoms with Crippen molar-refractivity contribution in [3.05, 3.63) is 35.1 Å². The summed E-state index contributed by atoms with van der Waals surface area (Å²) < 4.78 is 13.0. The summed E-state index contributed by atoms with van der Waals surface area (Å²) in [7, 11) is 0. The normalized spacial score (nSPS) is 9.87. The zero-order valence-electron chi connectivity index (χ0n) is 7.70. The molecular formula is C10H8FN3S. The second kappa shape index (κ2) is 5.08. The lowest BCUT2D eigenvalue weighted by Crippen LogP contribution is -2.23. The molecule has 76 valence electrons. The molecule has 1 aromatic carbocycles. The van der Waals surface area contributed by atoms with Crippen molar-refractivity contribution in [3.8, 4) is 12.3 Å². The first kappa shape index (κ1) is 11.1. The quantitative estimate of drug-likeness (QED) is 0.339. The molecule has 15 heavy (non-hydrogen) atoms. The van der Waals surface area contributed by atoms with E-state index in [2.05, 4.69) is 28.7 Å². The van der Waals surface area contributed by atoms with Crippen molar-refractivity contribution in [2.24, 2.45) is 10.8 Å². The molecule has 0 bridgehead atoms. The molecule has 0 aliphatic heterocycles. The first-order valence-electron chi connectivity index (χ1n) is 3.98. The Morgan fingerprint density at radius 2 is 2.40 bits per heavy atom. The lowest BCUT2D eigenvalue weighted by atomic mass is 10.1. The summed E-state index contributed by atoms with van der Waals surface area (Å²) in [6, 6.07) is 4.32. The molecule has 0 unspecified atom stereocenters. The van der Waals surface area contributed by atoms with Crippen LogP contribution in [-0.2, 0) is 0 Å². The zero-order chi connectivity index (χ0) is 11.3. The highest BCUT2D eigenvalue weighted by atomic mass is 32.1. The van der Waals surface area contributed by atoms with Crippen LogP contribution in [0.15, 0.2) is 23.3 Å². The van der Waals surface area contributed by atoms with Crippen molar-refractivity contribution in [1.82, 2.24) is 5.43 Å². The number of rotatable bonds is 2. The molecular weight excluding hydrogens is 213 g/mol. The van der Waals surface area contributed by atoms with Gasteiger partial charge in [-0.2, -0.15) is 5.10 Å². The van der Waals surface area contributed by atoms with Crippen molar-refractivity contribution in [2.45, 2.75) is 0 Å². The molecule has 1 rings (SSSR count). The van der Waals surface area contributed by atoms with Gasteiger partial charge in [0.15, 0.2) is 5.11 Å². The predicted molar refractivity (Wildman–Crippen MR) is 61.9 cm³/mol. The highest BCUT2D eigenvalue weighted by molar-refractivity contribution is 7.80. The van der Waals surface area contributed by atoms with E-state index in [1.807, 2.05) is 0 Å². The van der Waals surface area contributed by atoms with Crippen LogP contribution in [0.3, 0.4) is 0 Å². The van der Waals surface area contributed by atoms with Crippen LogP contribution >= 0.6 is 12.2 Å². The maximum atomic E-state index is 13.0. The zero-order valence-corrected chi connectivity index (χ0v) is 8.51. The maximum absolute atomic E-state index is 13.0. The molecule has 0 radical (unpaired) electrons. The van der Waals surface area contributed by atoms with Gasteiger partial charge in [-0.15, -0.1) is 6.42 Å². The number of benzene rings is 1. The van der Waals surface area contributed by atoms with Crippen LogP contribution in [-0.4, -0.2) is 11.3 Å². The molecule has 3 nitrogen and oxygen atoms in total. The molecule has 0 aliphatic rings. The molecule has 0 saturated heterocycles. The first-order chi connectivity index (χ1) is 7.13. The SMILES string of the molecule is C#Cc1cc(C=NNC(N)=S)ccc1F. The number of terminal acetylenes is 1. The van der Waals surface area contributed by atoms with Gasteiger partial charge in [-0.1, -0.05) is 12.0 Å². The highest BCUT2D eigenvalue weighted by Crippen LogP contribution is 2.07. The Hall–Kier alpha value is -1.93. The molecule has 0 heterocycles. The summed E-state index contributed by atoms with van der Waals surface area (Å²) in [6.07, 6.45) is 6.55. The Balaban J connectivity index is 2.84. The second-order valence-corrected chi connectivity index (χ2v) is 3.06. The summed E-state index contributed by atoms with van der Waals surface area (Å²) in [6.45, 7) is 0. The third kappa shape index (κ3) is 3.37. The minimum atomic E-state index is -0.433. The average Bonchev–Trinajstić information content (AvgIpc) is 2.20. The molecule has 1 aromatic rings. The smallest absolute Gasteiger partial charge is 0.184 e. The van der Waals surface area contributed by atoms with Crippen LogP contribution in [0.2, 0.25) is 0 Å². The predicted octanol–water partition coefficient (Wildman–Crippen LogP) is 0.974. The van der Waals surface area contributed by atoms with Gasteiger partial charge in [0.2, 0.25) is 0 Å². The minimum absolute atomic E-state index is 0.0607. The molecule has 0 amide bonds. The van der Waals surface area contributed by atoms with Gasteiger partial charge in [0.1, 0.15) is 5.82 Å². The average molecular weight is 221 g/mol. The molecule has 0 spiro atoms. The third-order valence-electron chi connectivity index (χ3n) is 1.53. The van der Waals surface area contributed by atoms with Gasteiger partial charge in [-0.05, 0) is 29.9 Å². The van der Waals surface area contributed by atoms with Crippen molar-refractivity contribution in [2.75, 3.05) is 0 Å². The topological polar surface area (TPSA) is 50.4 Å². The van der Waals surface area contributed by atoms with Crippen LogP contribution in [0, 0.1) is 18.2 Å². The number of hydrogen-bond donors (Lipinski definition) is 2. The van der Waals surface area contributed by atoms with E-state index in [1.54, 1.807) is 6.07 Å². The van der Waals surface area contributed by atoms with Gasteiger partial charge >= 0.3 is 0 Å². The van der Waals surface area contributed by atoms with Crippen molar-refractivity contribution < 1.29 is 4.39 Å². The number of nitrogens with two attached hydrogens (primary N) is 1. The van der Waals surface area contributed by atoms with E-state index in [4.69, 9.17) is 12.2 Å². The Morgan fingerprint density at radius 1 is 1.67 bits per heavy atom. The summed E-state index contributed by atoms with van der Waals surface area (Å²) >= 11 is 4.54. The van der Waals surface area contributed by atoms with Gasteiger partial charge in [-0.3, -0.25) is 5.43 Å². The van der Waals surface area contributed by atoms with E-state index in [0.717, 1.165) is 0 Å². The fraction of sp³-hybridized carbons (Fsp3) is 0. The molecule has 0 aliphatic carbocycles. The molecule has 5 heteroatoms. The van der Waals surface area contributed by atoms with Crippen molar-refractivity contribution >= 4 is 23.5 Å². The minimum Gasteiger partial charge on any atom is -0.375 e. The van der Waals surface area contributed by atoms with E-state index in [0.29, 0.717) is 5.56 Å². The standard InChI is InChI=1S/C10H8FN3S/c1-2-8-5-7(3-4-9(8)11)6-13-14-10(12)15/h1,3-6H,(H3,12,14,15). The van der Waals surface area contributed by atoms with Crippen molar-refractivity contribution in [3.63, 3.8) is 0 Å². The monoisotopic (exact) mass is 221 g/mol. The van der Waals surface area contributed by atoms with Crippen LogP contribution in [0.1, 0.15) is 11.1 Å². The number of nitrogens with one attached hydrogen (secondary N) is 1. The van der Waals surface area contributed by atoms with Gasteiger partial charge in [0.25, 0.3) is 0 Å². The lowest BCUT2D eigenvalue weighted by molar-refractivity contribution is 0.624. The third-order valence-corrected chi connectivity index (χ3v) is 1.63. The van der Waals surface area contributed by atoms with Crippen LogP contribution in [0.5, 0.6) is 0 Å². The largest absolute Gasteiger partial charge is 0.375 e. The second-order valence-electron chi connectivity index (χ2n) is 2.62. The van der Waals surface area contributed by atoms with Gasteiger partial charge in [0, 0.05) is 0 Å². The number of hydrogen-bond acceptors (Lipinski definition) is 2. The molecule has 0 saturated carbocycles. The Labute approximate surface area is 92.2 Å². The van der Waals surface area contributed by atoms with Gasteiger partial charge in [-0.25, -0.2) is 4.39 Å². The lowest BCUT2D eigenvalue weighted by Gasteiger charge is -1.97. The molecule has 0 aromatic heterocycles. The van der Waals surface area contributed by atoms with Crippen LogP contribution < -0.4 is 11.2 Å². The van der Waals surface area contributed by atoms with Crippen LogP contribution in [0.25, 0.3) is 0 Å². The summed E-state index contributed by atoms with van der Waals surface area (Å²) in [5.41, 5.74) is 8.38. The van der Waals surface area contributed by atoms with E-state index < -0.39 is 5.82 Å². The Bertz CT molecular complexity index is 448. The first-order valence-corrected chi connectivity index (χ1v) is 4.39. The Morgan fingerprint density at radius 3 is 3.00 bits per heavy atom. The van der Waals surface area contributed by atoms with E-state index in [-0.39, 0.29) is 10.7 Å². The van der Waals surface area contributed by atoms with Crippen molar-refractivity contribution in [1.29, 1.82) is 0 Å². The number of hydrazone groups is 1. The summed E-state index contributed by atoms with van der Waals surface area (Å²) in [5.74, 6) is 1.79. The number of thiocarbonyl (C=S) groups is 1. The fourth-order valence-electron chi connectivity index (χ4n) is 0.904. The van der Waals surface area contributed by atoms with Gasteiger partial charge < -0.3 is 5.73 Å². The summed E-state index contributed by atoms with van der Waals surface area (Å²) in [4.78, 5) is 0. The highest BCUT2D eigenvalue weighted by Gasteiger charge is 1.98.